The number of carbonyl (C=O) groups is 1. The summed E-state index contributed by atoms with van der Waals surface area (Å²) in [4.78, 5) is 23.6. The molecule has 138 valence electrons. The molecular weight excluding hydrogens is 332 g/mol. The van der Waals surface area contributed by atoms with Gasteiger partial charge in [0.05, 0.1) is 19.9 Å². The molecule has 7 nitrogen and oxygen atoms in total. The smallest absolute Gasteiger partial charge is 0.274 e. The van der Waals surface area contributed by atoms with Gasteiger partial charge in [-0.25, -0.2) is 9.97 Å². The van der Waals surface area contributed by atoms with E-state index in [4.69, 9.17) is 9.47 Å². The number of rotatable bonds is 5. The Morgan fingerprint density at radius 2 is 1.96 bits per heavy atom. The second kappa shape index (κ2) is 8.03. The highest BCUT2D eigenvalue weighted by molar-refractivity contribution is 6.03. The normalized spacial score (nSPS) is 14.8. The van der Waals surface area contributed by atoms with Crippen molar-refractivity contribution in [1.29, 1.82) is 0 Å². The van der Waals surface area contributed by atoms with Crippen molar-refractivity contribution in [2.24, 2.45) is 5.92 Å². The molecule has 0 saturated carbocycles. The maximum absolute atomic E-state index is 12.7. The maximum atomic E-state index is 12.7. The number of methoxy groups -OCH3 is 2. The van der Waals surface area contributed by atoms with Crippen LogP contribution in [0.15, 0.2) is 30.5 Å². The third-order valence-electron chi connectivity index (χ3n) is 4.60. The third-order valence-corrected chi connectivity index (χ3v) is 4.60. The first kappa shape index (κ1) is 18.0. The molecule has 2 heterocycles. The van der Waals surface area contributed by atoms with E-state index in [0.717, 1.165) is 31.8 Å². The summed E-state index contributed by atoms with van der Waals surface area (Å²) >= 11 is 0. The average Bonchev–Trinajstić information content (AvgIpc) is 2.68. The Kier molecular flexibility index (Phi) is 5.55. The van der Waals surface area contributed by atoms with Gasteiger partial charge in [0, 0.05) is 25.4 Å². The number of nitrogens with zero attached hydrogens (tertiary/aromatic N) is 3. The second-order valence-electron chi connectivity index (χ2n) is 6.43. The lowest BCUT2D eigenvalue weighted by Gasteiger charge is -2.30. The topological polar surface area (TPSA) is 76.6 Å². The van der Waals surface area contributed by atoms with Gasteiger partial charge in [-0.1, -0.05) is 6.92 Å². The fourth-order valence-corrected chi connectivity index (χ4v) is 2.93. The lowest BCUT2D eigenvalue weighted by molar-refractivity contribution is 0.102. The van der Waals surface area contributed by atoms with Crippen LogP contribution < -0.4 is 19.7 Å². The van der Waals surface area contributed by atoms with Crippen LogP contribution in [-0.4, -0.2) is 43.2 Å². The quantitative estimate of drug-likeness (QED) is 0.887. The monoisotopic (exact) mass is 356 g/mol. The highest BCUT2D eigenvalue weighted by Crippen LogP contribution is 2.29. The molecule has 3 rings (SSSR count). The van der Waals surface area contributed by atoms with Crippen LogP contribution in [0.25, 0.3) is 0 Å². The minimum absolute atomic E-state index is 0.314. The van der Waals surface area contributed by atoms with Gasteiger partial charge >= 0.3 is 0 Å². The van der Waals surface area contributed by atoms with Gasteiger partial charge in [0.15, 0.2) is 0 Å². The number of ether oxygens (including phenoxy) is 2. The van der Waals surface area contributed by atoms with Crippen LogP contribution in [0.3, 0.4) is 0 Å². The van der Waals surface area contributed by atoms with Crippen molar-refractivity contribution in [2.75, 3.05) is 37.5 Å². The van der Waals surface area contributed by atoms with E-state index in [1.165, 1.54) is 0 Å². The van der Waals surface area contributed by atoms with Crippen molar-refractivity contribution in [1.82, 2.24) is 9.97 Å². The van der Waals surface area contributed by atoms with Crippen LogP contribution in [0.2, 0.25) is 0 Å². The number of piperidine rings is 1. The van der Waals surface area contributed by atoms with Crippen molar-refractivity contribution in [3.05, 3.63) is 36.2 Å². The Morgan fingerprint density at radius 3 is 2.65 bits per heavy atom. The van der Waals surface area contributed by atoms with Gasteiger partial charge in [0.25, 0.3) is 5.91 Å². The van der Waals surface area contributed by atoms with Crippen molar-refractivity contribution in [3.63, 3.8) is 0 Å². The molecule has 0 bridgehead atoms. The number of hydrogen-bond donors (Lipinski definition) is 1. The minimum Gasteiger partial charge on any atom is -0.497 e. The first-order valence-electron chi connectivity index (χ1n) is 8.72. The molecule has 0 unspecified atom stereocenters. The van der Waals surface area contributed by atoms with Gasteiger partial charge in [-0.3, -0.25) is 4.79 Å². The van der Waals surface area contributed by atoms with E-state index >= 15 is 0 Å². The maximum Gasteiger partial charge on any atom is 0.274 e. The summed E-state index contributed by atoms with van der Waals surface area (Å²) in [6.07, 6.45) is 3.85. The largest absolute Gasteiger partial charge is 0.497 e. The molecular formula is C19H24N4O3. The number of nitrogens with one attached hydrogen (secondary N) is 1. The predicted molar refractivity (Wildman–Crippen MR) is 100 cm³/mol. The molecule has 1 amide bonds. The van der Waals surface area contributed by atoms with Crippen molar-refractivity contribution < 1.29 is 14.3 Å². The van der Waals surface area contributed by atoms with E-state index < -0.39 is 0 Å². The third kappa shape index (κ3) is 4.04. The lowest BCUT2D eigenvalue weighted by Crippen LogP contribution is -2.34. The van der Waals surface area contributed by atoms with Crippen molar-refractivity contribution in [2.45, 2.75) is 19.8 Å². The molecule has 1 aromatic heterocycles. The molecule has 1 aromatic carbocycles. The second-order valence-corrected chi connectivity index (χ2v) is 6.43. The average molecular weight is 356 g/mol. The van der Waals surface area contributed by atoms with Gasteiger partial charge in [-0.2, -0.15) is 0 Å². The summed E-state index contributed by atoms with van der Waals surface area (Å²) in [6, 6.07) is 6.84. The molecule has 0 atom stereocenters. The summed E-state index contributed by atoms with van der Waals surface area (Å²) in [6.45, 7) is 4.08. The number of aromatic nitrogens is 2. The zero-order chi connectivity index (χ0) is 18.5. The number of benzene rings is 1. The van der Waals surface area contributed by atoms with Gasteiger partial charge in [-0.05, 0) is 37.0 Å². The van der Waals surface area contributed by atoms with Crippen molar-refractivity contribution >= 4 is 17.5 Å². The fourth-order valence-electron chi connectivity index (χ4n) is 2.93. The lowest BCUT2D eigenvalue weighted by atomic mass is 10.00. The number of hydrogen-bond acceptors (Lipinski definition) is 6. The zero-order valence-electron chi connectivity index (χ0n) is 15.4. The summed E-state index contributed by atoms with van der Waals surface area (Å²) in [7, 11) is 3.13. The standard InChI is InChI=1S/C19H24N4O3/c1-13-7-10-23(11-8-13)19-20-9-6-15(22-19)18(24)21-16-12-14(25-2)4-5-17(16)26-3/h4-6,9,12-13H,7-8,10-11H2,1-3H3,(H,21,24). The number of anilines is 2. The van der Waals surface area contributed by atoms with Crippen molar-refractivity contribution in [3.8, 4) is 11.5 Å². The van der Waals surface area contributed by atoms with E-state index in [0.29, 0.717) is 28.8 Å². The van der Waals surface area contributed by atoms with Crippen LogP contribution in [0.4, 0.5) is 11.6 Å². The van der Waals surface area contributed by atoms with Gasteiger partial charge < -0.3 is 19.7 Å². The molecule has 2 aromatic rings. The Hall–Kier alpha value is -2.83. The van der Waals surface area contributed by atoms with E-state index in [9.17, 15) is 4.79 Å². The molecule has 7 heteroatoms. The highest BCUT2D eigenvalue weighted by atomic mass is 16.5. The zero-order valence-corrected chi connectivity index (χ0v) is 15.4. The Bertz CT molecular complexity index is 773. The molecule has 1 fully saturated rings. The molecule has 0 aliphatic carbocycles. The van der Waals surface area contributed by atoms with Crippen LogP contribution in [0, 0.1) is 5.92 Å². The van der Waals surface area contributed by atoms with Crippen LogP contribution in [0.1, 0.15) is 30.3 Å². The number of amides is 1. The molecule has 26 heavy (non-hydrogen) atoms. The van der Waals surface area contributed by atoms with E-state index in [2.05, 4.69) is 27.1 Å². The Morgan fingerprint density at radius 1 is 1.19 bits per heavy atom. The number of carbonyl (C=O) groups excluding carboxylic acids is 1. The molecule has 0 spiro atoms. The first-order chi connectivity index (χ1) is 12.6. The van der Waals surface area contributed by atoms with Crippen LogP contribution >= 0.6 is 0 Å². The first-order valence-corrected chi connectivity index (χ1v) is 8.72. The summed E-state index contributed by atoms with van der Waals surface area (Å²) in [5.74, 6) is 2.19. The molecule has 1 saturated heterocycles. The van der Waals surface area contributed by atoms with Gasteiger partial charge in [0.1, 0.15) is 17.2 Å². The van der Waals surface area contributed by atoms with E-state index in [-0.39, 0.29) is 5.91 Å². The van der Waals surface area contributed by atoms with Crippen LogP contribution in [-0.2, 0) is 0 Å². The summed E-state index contributed by atoms with van der Waals surface area (Å²) in [5, 5.41) is 2.84. The molecule has 1 aliphatic heterocycles. The van der Waals surface area contributed by atoms with Crippen LogP contribution in [0.5, 0.6) is 11.5 Å². The molecule has 0 radical (unpaired) electrons. The van der Waals surface area contributed by atoms with E-state index in [1.807, 2.05) is 0 Å². The molecule has 1 N–H and O–H groups in total. The van der Waals surface area contributed by atoms with Gasteiger partial charge in [0.2, 0.25) is 5.95 Å². The van der Waals surface area contributed by atoms with E-state index in [1.54, 1.807) is 44.7 Å². The summed E-state index contributed by atoms with van der Waals surface area (Å²) in [5.41, 5.74) is 0.849. The molecule has 1 aliphatic rings. The fraction of sp³-hybridized carbons (Fsp3) is 0.421. The minimum atomic E-state index is -0.314. The Labute approximate surface area is 153 Å². The Balaban J connectivity index is 1.77. The predicted octanol–water partition coefficient (Wildman–Crippen LogP) is 2.98. The van der Waals surface area contributed by atoms with Gasteiger partial charge in [-0.15, -0.1) is 0 Å². The highest BCUT2D eigenvalue weighted by Gasteiger charge is 2.19. The SMILES string of the molecule is COc1ccc(OC)c(NC(=O)c2ccnc(N3CCC(C)CC3)n2)c1. The summed E-state index contributed by atoms with van der Waals surface area (Å²) < 4.78 is 10.5.